The predicted molar refractivity (Wildman–Crippen MR) is 107 cm³/mol. The molecular weight excluding hydrogens is 398 g/mol. The molecule has 1 saturated heterocycles. The summed E-state index contributed by atoms with van der Waals surface area (Å²) >= 11 is 1.30. The summed E-state index contributed by atoms with van der Waals surface area (Å²) in [5, 5.41) is 24.9. The summed E-state index contributed by atoms with van der Waals surface area (Å²) in [4.78, 5) is 37.3. The second kappa shape index (κ2) is 12.0. The Morgan fingerprint density at radius 3 is 2.76 bits per heavy atom. The van der Waals surface area contributed by atoms with E-state index in [0.717, 1.165) is 0 Å². The number of rotatable bonds is 10. The number of nitriles is 1. The van der Waals surface area contributed by atoms with Gasteiger partial charge >= 0.3 is 0 Å². The Hall–Kier alpha value is -2.68. The third-order valence-corrected chi connectivity index (χ3v) is 5.28. The molecule has 10 nitrogen and oxygen atoms in total. The number of nitrogens with one attached hydrogen (secondary N) is 2. The third kappa shape index (κ3) is 7.69. The number of nitro benzene ring substituents is 1. The van der Waals surface area contributed by atoms with Crippen molar-refractivity contribution < 1.29 is 19.2 Å². The van der Waals surface area contributed by atoms with Crippen LogP contribution in [0.3, 0.4) is 0 Å². The number of carbonyl (C=O) groups excluding carboxylic acids is 2. The normalized spacial score (nSPS) is 15.1. The van der Waals surface area contributed by atoms with Gasteiger partial charge in [0.25, 0.3) is 5.69 Å². The van der Waals surface area contributed by atoms with Gasteiger partial charge in [0, 0.05) is 36.2 Å². The summed E-state index contributed by atoms with van der Waals surface area (Å²) in [7, 11) is 0. The lowest BCUT2D eigenvalue weighted by Gasteiger charge is -2.26. The zero-order chi connectivity index (χ0) is 21.1. The van der Waals surface area contributed by atoms with Crippen LogP contribution >= 0.6 is 11.8 Å². The molecular formula is C18H23N5O5S. The van der Waals surface area contributed by atoms with Crippen LogP contribution in [0.5, 0.6) is 0 Å². The Bertz CT molecular complexity index is 763. The lowest BCUT2D eigenvalue weighted by atomic mass is 10.2. The van der Waals surface area contributed by atoms with E-state index in [4.69, 9.17) is 10.00 Å². The lowest BCUT2D eigenvalue weighted by molar-refractivity contribution is -0.385. The fourth-order valence-electron chi connectivity index (χ4n) is 2.73. The number of thioether (sulfide) groups is 1. The van der Waals surface area contributed by atoms with Gasteiger partial charge in [0.05, 0.1) is 30.8 Å². The summed E-state index contributed by atoms with van der Waals surface area (Å²) in [6.45, 7) is 2.40. The van der Waals surface area contributed by atoms with Gasteiger partial charge in [-0.3, -0.25) is 24.6 Å². The number of nitro groups is 1. The van der Waals surface area contributed by atoms with Crippen molar-refractivity contribution in [2.75, 3.05) is 45.1 Å². The van der Waals surface area contributed by atoms with Gasteiger partial charge in [-0.2, -0.15) is 17.0 Å². The van der Waals surface area contributed by atoms with Crippen LogP contribution in [-0.4, -0.2) is 72.8 Å². The number of hydrogen-bond acceptors (Lipinski definition) is 8. The van der Waals surface area contributed by atoms with Crippen LogP contribution in [0.2, 0.25) is 0 Å². The minimum absolute atomic E-state index is 0.0156. The highest BCUT2D eigenvalue weighted by Gasteiger charge is 2.23. The van der Waals surface area contributed by atoms with Crippen LogP contribution in [0.15, 0.2) is 24.3 Å². The predicted octanol–water partition coefficient (Wildman–Crippen LogP) is 0.285. The molecule has 2 amide bonds. The van der Waals surface area contributed by atoms with Crippen LogP contribution in [0.25, 0.3) is 0 Å². The zero-order valence-electron chi connectivity index (χ0n) is 15.8. The van der Waals surface area contributed by atoms with E-state index in [2.05, 4.69) is 10.6 Å². The standard InChI is InChI=1S/C18H23N5O5S/c19-5-6-20-18(25)15(21-17(24)11-22-7-9-28-10-8-22)13-29-12-14-3-1-2-4-16(14)23(26)27/h1-4,15H,6-13H2,(H,20,25)(H,21,24)/t15-/m0/s1. The van der Waals surface area contributed by atoms with E-state index < -0.39 is 16.9 Å². The van der Waals surface area contributed by atoms with Crippen molar-refractivity contribution in [1.29, 1.82) is 5.26 Å². The topological polar surface area (TPSA) is 138 Å². The van der Waals surface area contributed by atoms with E-state index in [1.165, 1.54) is 17.8 Å². The Morgan fingerprint density at radius 2 is 2.07 bits per heavy atom. The maximum absolute atomic E-state index is 12.3. The molecule has 1 heterocycles. The molecule has 0 bridgehead atoms. The van der Waals surface area contributed by atoms with Crippen molar-refractivity contribution in [3.63, 3.8) is 0 Å². The van der Waals surface area contributed by atoms with E-state index in [-0.39, 0.29) is 30.4 Å². The highest BCUT2D eigenvalue weighted by atomic mass is 32.2. The van der Waals surface area contributed by atoms with Crippen LogP contribution in [0.1, 0.15) is 5.56 Å². The molecule has 2 N–H and O–H groups in total. The van der Waals surface area contributed by atoms with E-state index in [9.17, 15) is 19.7 Å². The molecule has 0 spiro atoms. The molecule has 1 fully saturated rings. The number of carbonyl (C=O) groups is 2. The van der Waals surface area contributed by atoms with Gasteiger partial charge in [0.2, 0.25) is 11.8 Å². The summed E-state index contributed by atoms with van der Waals surface area (Å²) < 4.78 is 5.25. The Labute approximate surface area is 172 Å². The van der Waals surface area contributed by atoms with Crippen LogP contribution in [0, 0.1) is 21.4 Å². The Morgan fingerprint density at radius 1 is 1.34 bits per heavy atom. The van der Waals surface area contributed by atoms with E-state index in [0.29, 0.717) is 37.6 Å². The van der Waals surface area contributed by atoms with Gasteiger partial charge in [-0.25, -0.2) is 0 Å². The minimum atomic E-state index is -0.843. The smallest absolute Gasteiger partial charge is 0.273 e. The molecule has 0 saturated carbocycles. The van der Waals surface area contributed by atoms with Gasteiger partial charge in [0.15, 0.2) is 0 Å². The van der Waals surface area contributed by atoms with Gasteiger partial charge in [-0.15, -0.1) is 0 Å². The fraction of sp³-hybridized carbons (Fsp3) is 0.500. The number of amides is 2. The first-order valence-corrected chi connectivity index (χ1v) is 10.2. The van der Waals surface area contributed by atoms with Gasteiger partial charge < -0.3 is 15.4 Å². The molecule has 29 heavy (non-hydrogen) atoms. The molecule has 0 aliphatic carbocycles. The average molecular weight is 421 g/mol. The van der Waals surface area contributed by atoms with E-state index in [1.54, 1.807) is 18.2 Å². The maximum atomic E-state index is 12.3. The first-order valence-electron chi connectivity index (χ1n) is 9.05. The molecule has 1 aliphatic heterocycles. The maximum Gasteiger partial charge on any atom is 0.273 e. The molecule has 1 atom stereocenters. The second-order valence-electron chi connectivity index (χ2n) is 6.29. The highest BCUT2D eigenvalue weighted by Crippen LogP contribution is 2.23. The average Bonchev–Trinajstić information content (AvgIpc) is 2.72. The first-order chi connectivity index (χ1) is 14.0. The summed E-state index contributed by atoms with van der Waals surface area (Å²) in [6.07, 6.45) is 0. The summed E-state index contributed by atoms with van der Waals surface area (Å²) in [6, 6.07) is 7.38. The molecule has 1 aromatic rings. The monoisotopic (exact) mass is 421 g/mol. The molecule has 0 unspecified atom stereocenters. The van der Waals surface area contributed by atoms with E-state index >= 15 is 0 Å². The highest BCUT2D eigenvalue weighted by molar-refractivity contribution is 7.98. The van der Waals surface area contributed by atoms with Crippen molar-refractivity contribution in [2.45, 2.75) is 11.8 Å². The number of ether oxygens (including phenoxy) is 1. The second-order valence-corrected chi connectivity index (χ2v) is 7.32. The van der Waals surface area contributed by atoms with Crippen molar-refractivity contribution in [3.05, 3.63) is 39.9 Å². The number of benzene rings is 1. The van der Waals surface area contributed by atoms with Gasteiger partial charge in [-0.05, 0) is 0 Å². The van der Waals surface area contributed by atoms with Crippen molar-refractivity contribution in [3.8, 4) is 6.07 Å². The van der Waals surface area contributed by atoms with Gasteiger partial charge in [0.1, 0.15) is 12.6 Å². The van der Waals surface area contributed by atoms with Crippen molar-refractivity contribution in [2.24, 2.45) is 0 Å². The third-order valence-electron chi connectivity index (χ3n) is 4.19. The van der Waals surface area contributed by atoms with E-state index in [1.807, 2.05) is 11.0 Å². The van der Waals surface area contributed by atoms with Crippen LogP contribution in [0.4, 0.5) is 5.69 Å². The Balaban J connectivity index is 1.93. The number of nitrogens with zero attached hydrogens (tertiary/aromatic N) is 3. The molecule has 0 radical (unpaired) electrons. The first kappa shape index (κ1) is 22.6. The number of hydrogen-bond donors (Lipinski definition) is 2. The molecule has 2 rings (SSSR count). The molecule has 1 aliphatic rings. The van der Waals surface area contributed by atoms with Crippen LogP contribution < -0.4 is 10.6 Å². The fourth-order valence-corrected chi connectivity index (χ4v) is 3.79. The van der Waals surface area contributed by atoms with Crippen molar-refractivity contribution >= 4 is 29.3 Å². The largest absolute Gasteiger partial charge is 0.379 e. The summed E-state index contributed by atoms with van der Waals surface area (Å²) in [5.74, 6) is -0.219. The van der Waals surface area contributed by atoms with Crippen LogP contribution in [-0.2, 0) is 20.1 Å². The minimum Gasteiger partial charge on any atom is -0.379 e. The van der Waals surface area contributed by atoms with Crippen molar-refractivity contribution in [1.82, 2.24) is 15.5 Å². The summed E-state index contributed by atoms with van der Waals surface area (Å²) in [5.41, 5.74) is 0.556. The van der Waals surface area contributed by atoms with Gasteiger partial charge in [-0.1, -0.05) is 18.2 Å². The lowest BCUT2D eigenvalue weighted by Crippen LogP contribution is -2.52. The number of morpholine rings is 1. The molecule has 1 aromatic carbocycles. The quantitative estimate of drug-likeness (QED) is 0.312. The Kier molecular flexibility index (Phi) is 9.36. The number of para-hydroxylation sites is 1. The molecule has 156 valence electrons. The SMILES string of the molecule is N#CCNC(=O)[C@H](CSCc1ccccc1[N+](=O)[O-])NC(=O)CN1CCOCC1. The zero-order valence-corrected chi connectivity index (χ0v) is 16.7. The molecule has 0 aromatic heterocycles. The molecule has 11 heteroatoms.